The Hall–Kier alpha value is -0.850. The number of unbranched alkanes of at least 4 members (excludes halogenated alkanes) is 1. The summed E-state index contributed by atoms with van der Waals surface area (Å²) in [6.07, 6.45) is 16.4. The molecule has 4 rings (SSSR count). The first-order valence-electron chi connectivity index (χ1n) is 12.6. The van der Waals surface area contributed by atoms with Crippen LogP contribution in [0.1, 0.15) is 112 Å². The Morgan fingerprint density at radius 1 is 1.00 bits per heavy atom. The highest BCUT2D eigenvalue weighted by Crippen LogP contribution is 2.65. The van der Waals surface area contributed by atoms with Gasteiger partial charge in [-0.15, -0.1) is 0 Å². The highest BCUT2D eigenvalue weighted by molar-refractivity contribution is 5.85. The molecule has 0 N–H and O–H groups in total. The molecule has 0 heterocycles. The fourth-order valence-electron chi connectivity index (χ4n) is 7.96. The minimum atomic E-state index is -0.144. The minimum absolute atomic E-state index is 0.144. The van der Waals surface area contributed by atoms with E-state index in [2.05, 4.69) is 47.6 Å². The summed E-state index contributed by atoms with van der Waals surface area (Å²) in [5.41, 5.74) is 5.77. The third-order valence-electron chi connectivity index (χ3n) is 9.89. The first kappa shape index (κ1) is 21.4. The van der Waals surface area contributed by atoms with Crippen molar-refractivity contribution >= 4 is 5.78 Å². The molecule has 4 unspecified atom stereocenters. The van der Waals surface area contributed by atoms with Crippen LogP contribution in [-0.4, -0.2) is 5.78 Å². The second kappa shape index (κ2) is 7.38. The number of allylic oxidation sites excluding steroid dienone is 4. The van der Waals surface area contributed by atoms with Gasteiger partial charge in [-0.05, 0) is 84.7 Å². The lowest BCUT2D eigenvalue weighted by molar-refractivity contribution is -0.139. The average molecular weight is 397 g/mol. The fraction of sp³-hybridized carbons (Fsp3) is 0.821. The topological polar surface area (TPSA) is 17.1 Å². The van der Waals surface area contributed by atoms with Crippen LogP contribution in [-0.2, 0) is 4.79 Å². The van der Waals surface area contributed by atoms with Gasteiger partial charge in [-0.2, -0.15) is 0 Å². The first-order chi connectivity index (χ1) is 13.6. The number of hydrogen-bond donors (Lipinski definition) is 0. The van der Waals surface area contributed by atoms with E-state index >= 15 is 0 Å². The molecule has 0 radical (unpaired) electrons. The summed E-state index contributed by atoms with van der Waals surface area (Å²) >= 11 is 0. The summed E-state index contributed by atoms with van der Waals surface area (Å²) in [6.45, 7) is 14.3. The van der Waals surface area contributed by atoms with Crippen molar-refractivity contribution in [3.05, 3.63) is 22.8 Å². The minimum Gasteiger partial charge on any atom is -0.299 e. The molecular weight excluding hydrogens is 352 g/mol. The van der Waals surface area contributed by atoms with Crippen LogP contribution in [0.25, 0.3) is 0 Å². The van der Waals surface area contributed by atoms with Gasteiger partial charge in [0.25, 0.3) is 0 Å². The second-order valence-electron chi connectivity index (χ2n) is 12.3. The Morgan fingerprint density at radius 3 is 2.45 bits per heavy atom. The van der Waals surface area contributed by atoms with Crippen LogP contribution in [0.4, 0.5) is 0 Å². The van der Waals surface area contributed by atoms with Crippen LogP contribution in [0.3, 0.4) is 0 Å². The molecule has 4 atom stereocenters. The van der Waals surface area contributed by atoms with E-state index < -0.39 is 0 Å². The molecule has 29 heavy (non-hydrogen) atoms. The molecular formula is C28H44O. The molecule has 1 nitrogen and oxygen atoms in total. The predicted molar refractivity (Wildman–Crippen MR) is 123 cm³/mol. The molecule has 162 valence electrons. The summed E-state index contributed by atoms with van der Waals surface area (Å²) in [6, 6.07) is 0. The summed E-state index contributed by atoms with van der Waals surface area (Å²) < 4.78 is 0. The number of hydrogen-bond acceptors (Lipinski definition) is 1. The maximum absolute atomic E-state index is 12.7. The molecule has 1 saturated carbocycles. The summed E-state index contributed by atoms with van der Waals surface area (Å²) in [7, 11) is 0. The van der Waals surface area contributed by atoms with E-state index in [1.165, 1.54) is 57.8 Å². The van der Waals surface area contributed by atoms with Crippen LogP contribution >= 0.6 is 0 Å². The fourth-order valence-corrected chi connectivity index (χ4v) is 7.96. The number of rotatable bonds is 5. The molecule has 0 saturated heterocycles. The zero-order chi connectivity index (χ0) is 21.0. The Morgan fingerprint density at radius 2 is 1.72 bits per heavy atom. The molecule has 4 aliphatic carbocycles. The van der Waals surface area contributed by atoms with Gasteiger partial charge in [0, 0.05) is 11.8 Å². The predicted octanol–water partition coefficient (Wildman–Crippen LogP) is 8.05. The van der Waals surface area contributed by atoms with Crippen LogP contribution in [0, 0.1) is 34.0 Å². The molecule has 4 aliphatic rings. The Bertz CT molecular complexity index is 735. The Kier molecular flexibility index (Phi) is 5.44. The van der Waals surface area contributed by atoms with E-state index in [4.69, 9.17) is 0 Å². The number of ketones is 1. The summed E-state index contributed by atoms with van der Waals surface area (Å²) in [5.74, 6) is 2.74. The van der Waals surface area contributed by atoms with Gasteiger partial charge in [-0.25, -0.2) is 0 Å². The second-order valence-corrected chi connectivity index (χ2v) is 12.3. The van der Waals surface area contributed by atoms with Crippen LogP contribution in [0.15, 0.2) is 22.8 Å². The Balaban J connectivity index is 1.56. The highest BCUT2D eigenvalue weighted by atomic mass is 16.1. The normalized spacial score (nSPS) is 38.6. The first-order valence-corrected chi connectivity index (χ1v) is 12.6. The third kappa shape index (κ3) is 3.30. The molecule has 1 fully saturated rings. The van der Waals surface area contributed by atoms with Crippen molar-refractivity contribution < 1.29 is 4.79 Å². The van der Waals surface area contributed by atoms with E-state index in [1.54, 1.807) is 16.7 Å². The largest absolute Gasteiger partial charge is 0.299 e. The average Bonchev–Trinajstić information content (AvgIpc) is 2.99. The zero-order valence-electron chi connectivity index (χ0n) is 20.0. The van der Waals surface area contributed by atoms with Crippen molar-refractivity contribution in [2.24, 2.45) is 34.0 Å². The maximum atomic E-state index is 12.7. The molecule has 0 amide bonds. The molecule has 0 aromatic carbocycles. The maximum Gasteiger partial charge on any atom is 0.138 e. The van der Waals surface area contributed by atoms with Crippen molar-refractivity contribution in [2.75, 3.05) is 0 Å². The smallest absolute Gasteiger partial charge is 0.138 e. The standard InChI is InChI=1S/C28H44O/c1-19(2)9-7-8-10-20-11-13-22-21-12-14-24-26(3,4)25(29)16-18-28(24,6)23(21)15-17-27(20,22)5/h13,19-20,24H,7-12,14-18H2,1-6H3. The van der Waals surface area contributed by atoms with Gasteiger partial charge in [0.2, 0.25) is 0 Å². The van der Waals surface area contributed by atoms with Gasteiger partial charge in [0.05, 0.1) is 0 Å². The Labute approximate surface area is 179 Å². The molecule has 0 aliphatic heterocycles. The number of carbonyl (C=O) groups is 1. The molecule has 1 heteroatoms. The van der Waals surface area contributed by atoms with Crippen molar-refractivity contribution in [2.45, 2.75) is 112 Å². The van der Waals surface area contributed by atoms with Crippen LogP contribution in [0.5, 0.6) is 0 Å². The highest BCUT2D eigenvalue weighted by Gasteiger charge is 2.57. The van der Waals surface area contributed by atoms with Gasteiger partial charge < -0.3 is 0 Å². The van der Waals surface area contributed by atoms with E-state index in [-0.39, 0.29) is 10.8 Å². The lowest BCUT2D eigenvalue weighted by Gasteiger charge is -2.57. The lowest BCUT2D eigenvalue weighted by Crippen LogP contribution is -2.51. The van der Waals surface area contributed by atoms with Gasteiger partial charge in [0.1, 0.15) is 5.78 Å². The monoisotopic (exact) mass is 396 g/mol. The zero-order valence-corrected chi connectivity index (χ0v) is 20.0. The van der Waals surface area contributed by atoms with Crippen LogP contribution < -0.4 is 0 Å². The van der Waals surface area contributed by atoms with Gasteiger partial charge in [-0.1, -0.05) is 72.5 Å². The summed E-state index contributed by atoms with van der Waals surface area (Å²) in [5, 5.41) is 0. The third-order valence-corrected chi connectivity index (χ3v) is 9.89. The molecule has 0 aromatic heterocycles. The van der Waals surface area contributed by atoms with Gasteiger partial charge in [-0.3, -0.25) is 4.79 Å². The number of fused-ring (bicyclic) bond motifs is 4. The van der Waals surface area contributed by atoms with Gasteiger partial charge >= 0.3 is 0 Å². The molecule has 0 aromatic rings. The number of Topliss-reactive ketones (excluding diaryl/α,β-unsaturated/α-hetero) is 1. The van der Waals surface area contributed by atoms with Crippen molar-refractivity contribution in [3.63, 3.8) is 0 Å². The molecule has 0 bridgehead atoms. The SMILES string of the molecule is CC(C)CCCCC1CC=C2C3=C(CCC21C)C1(C)CCC(=O)C(C)(C)C1CC3. The van der Waals surface area contributed by atoms with E-state index in [0.29, 0.717) is 17.1 Å². The van der Waals surface area contributed by atoms with Crippen molar-refractivity contribution in [3.8, 4) is 0 Å². The van der Waals surface area contributed by atoms with E-state index in [9.17, 15) is 4.79 Å². The van der Waals surface area contributed by atoms with Crippen LogP contribution in [0.2, 0.25) is 0 Å². The summed E-state index contributed by atoms with van der Waals surface area (Å²) in [4.78, 5) is 12.7. The molecule has 0 spiro atoms. The van der Waals surface area contributed by atoms with Gasteiger partial charge in [0.15, 0.2) is 0 Å². The number of carbonyl (C=O) groups excluding carboxylic acids is 1. The van der Waals surface area contributed by atoms with E-state index in [1.807, 2.05) is 0 Å². The van der Waals surface area contributed by atoms with Crippen molar-refractivity contribution in [1.29, 1.82) is 0 Å². The lowest BCUT2D eigenvalue weighted by atomic mass is 9.47. The quantitative estimate of drug-likeness (QED) is 0.429. The van der Waals surface area contributed by atoms with E-state index in [0.717, 1.165) is 24.7 Å². The van der Waals surface area contributed by atoms with Crippen molar-refractivity contribution in [1.82, 2.24) is 0 Å².